The number of hydrogen-bond donors (Lipinski definition) is 0. The Kier molecular flexibility index (Phi) is 2.53. The Labute approximate surface area is 68.6 Å². The smallest absolute Gasteiger partial charge is 0.136 e. The third-order valence-electron chi connectivity index (χ3n) is 2.40. The van der Waals surface area contributed by atoms with Crippen molar-refractivity contribution in [2.24, 2.45) is 0 Å². The van der Waals surface area contributed by atoms with Crippen molar-refractivity contribution in [2.75, 3.05) is 13.1 Å². The van der Waals surface area contributed by atoms with Gasteiger partial charge in [-0.15, -0.1) is 0 Å². The normalized spacial score (nSPS) is 23.7. The van der Waals surface area contributed by atoms with E-state index in [0.717, 1.165) is 12.8 Å². The maximum atomic E-state index is 13.5. The van der Waals surface area contributed by atoms with Crippen molar-refractivity contribution in [3.63, 3.8) is 0 Å². The van der Waals surface area contributed by atoms with E-state index in [4.69, 9.17) is 0 Å². The van der Waals surface area contributed by atoms with E-state index >= 15 is 0 Å². The lowest BCUT2D eigenvalue weighted by atomic mass is 9.90. The first-order valence-corrected chi connectivity index (χ1v) is 4.50. The lowest BCUT2D eigenvalue weighted by molar-refractivity contribution is -0.0549. The van der Waals surface area contributed by atoms with Gasteiger partial charge >= 0.3 is 0 Å². The molecule has 0 radical (unpaired) electrons. The molecule has 1 nitrogen and oxygen atoms in total. The predicted octanol–water partition coefficient (Wildman–Crippen LogP) is 2.22. The summed E-state index contributed by atoms with van der Waals surface area (Å²) >= 11 is 0. The van der Waals surface area contributed by atoms with Crippen LogP contribution in [0.15, 0.2) is 0 Å². The summed E-state index contributed by atoms with van der Waals surface area (Å²) in [4.78, 5) is 2.18. The van der Waals surface area contributed by atoms with Gasteiger partial charge in [0, 0.05) is 19.1 Å². The largest absolute Gasteiger partial charge is 0.294 e. The fourth-order valence-corrected chi connectivity index (χ4v) is 1.65. The molecular weight excluding hydrogens is 141 g/mol. The highest BCUT2D eigenvalue weighted by Crippen LogP contribution is 2.31. The molecule has 0 aliphatic carbocycles. The van der Waals surface area contributed by atoms with Crippen LogP contribution in [0.4, 0.5) is 4.39 Å². The zero-order valence-electron chi connectivity index (χ0n) is 7.73. The monoisotopic (exact) mass is 159 g/mol. The molecule has 2 heteroatoms. The molecule has 0 saturated carbocycles. The highest BCUT2D eigenvalue weighted by molar-refractivity contribution is 4.96. The van der Waals surface area contributed by atoms with Crippen LogP contribution in [0.25, 0.3) is 0 Å². The van der Waals surface area contributed by atoms with Gasteiger partial charge in [0.1, 0.15) is 5.67 Å². The number of hydrogen-bond acceptors (Lipinski definition) is 1. The van der Waals surface area contributed by atoms with Crippen LogP contribution in [-0.2, 0) is 0 Å². The van der Waals surface area contributed by atoms with Gasteiger partial charge in [-0.3, -0.25) is 4.90 Å². The second-order valence-corrected chi connectivity index (χ2v) is 3.90. The van der Waals surface area contributed by atoms with Crippen LogP contribution in [0, 0.1) is 0 Å². The summed E-state index contributed by atoms with van der Waals surface area (Å²) in [6, 6.07) is 0.510. The Balaban J connectivity index is 2.26. The molecule has 1 aliphatic rings. The fourth-order valence-electron chi connectivity index (χ4n) is 1.65. The molecule has 1 saturated heterocycles. The second-order valence-electron chi connectivity index (χ2n) is 3.90. The Hall–Kier alpha value is -0.110. The molecule has 0 N–H and O–H groups in total. The molecule has 1 aliphatic heterocycles. The van der Waals surface area contributed by atoms with Crippen LogP contribution in [0.5, 0.6) is 0 Å². The molecule has 11 heavy (non-hydrogen) atoms. The zero-order valence-corrected chi connectivity index (χ0v) is 7.73. The first-order chi connectivity index (χ1) is 5.07. The Morgan fingerprint density at radius 3 is 2.36 bits per heavy atom. The fraction of sp³-hybridized carbons (Fsp3) is 1.00. The van der Waals surface area contributed by atoms with Crippen molar-refractivity contribution in [3.8, 4) is 0 Å². The minimum Gasteiger partial charge on any atom is -0.294 e. The molecule has 0 amide bonds. The SMILES string of the molecule is CCCC1(F)CN(C(C)C)C1. The number of nitrogens with zero attached hydrogens (tertiary/aromatic N) is 1. The molecule has 0 bridgehead atoms. The van der Waals surface area contributed by atoms with Crippen LogP contribution in [0.2, 0.25) is 0 Å². The molecule has 1 rings (SSSR count). The van der Waals surface area contributed by atoms with Crippen LogP contribution in [0.1, 0.15) is 33.6 Å². The minimum atomic E-state index is -0.848. The highest BCUT2D eigenvalue weighted by Gasteiger charge is 2.43. The molecule has 66 valence electrons. The molecule has 0 spiro atoms. The highest BCUT2D eigenvalue weighted by atomic mass is 19.1. The van der Waals surface area contributed by atoms with E-state index in [-0.39, 0.29) is 0 Å². The molecule has 0 aromatic rings. The van der Waals surface area contributed by atoms with Gasteiger partial charge in [-0.05, 0) is 20.3 Å². The van der Waals surface area contributed by atoms with E-state index in [1.807, 2.05) is 6.92 Å². The third kappa shape index (κ3) is 1.92. The summed E-state index contributed by atoms with van der Waals surface area (Å²) in [5.74, 6) is 0. The number of halogens is 1. The number of alkyl halides is 1. The van der Waals surface area contributed by atoms with E-state index < -0.39 is 5.67 Å². The molecule has 1 heterocycles. The van der Waals surface area contributed by atoms with Gasteiger partial charge in [0.05, 0.1) is 0 Å². The lowest BCUT2D eigenvalue weighted by Crippen LogP contribution is -2.60. The van der Waals surface area contributed by atoms with Crippen molar-refractivity contribution in [3.05, 3.63) is 0 Å². The predicted molar refractivity (Wildman–Crippen MR) is 45.5 cm³/mol. The topological polar surface area (TPSA) is 3.24 Å². The number of rotatable bonds is 3. The summed E-state index contributed by atoms with van der Waals surface area (Å²) in [5.41, 5.74) is -0.848. The average molecular weight is 159 g/mol. The molecule has 0 aromatic heterocycles. The standard InChI is InChI=1S/C9H18FN/c1-4-5-9(10)6-11(7-9)8(2)3/h8H,4-7H2,1-3H3. The summed E-state index contributed by atoms with van der Waals surface area (Å²) in [6.45, 7) is 7.58. The van der Waals surface area contributed by atoms with E-state index in [1.54, 1.807) is 0 Å². The van der Waals surface area contributed by atoms with Gasteiger partial charge < -0.3 is 0 Å². The van der Waals surface area contributed by atoms with Gasteiger partial charge in [-0.1, -0.05) is 13.3 Å². The van der Waals surface area contributed by atoms with Crippen LogP contribution >= 0.6 is 0 Å². The summed E-state index contributed by atoms with van der Waals surface area (Å²) in [6.07, 6.45) is 1.69. The van der Waals surface area contributed by atoms with Gasteiger partial charge in [-0.2, -0.15) is 0 Å². The maximum Gasteiger partial charge on any atom is 0.136 e. The molecule has 0 atom stereocenters. The van der Waals surface area contributed by atoms with Gasteiger partial charge in [0.2, 0.25) is 0 Å². The summed E-state index contributed by atoms with van der Waals surface area (Å²) in [5, 5.41) is 0. The average Bonchev–Trinajstić information content (AvgIpc) is 1.82. The summed E-state index contributed by atoms with van der Waals surface area (Å²) < 4.78 is 13.5. The maximum absolute atomic E-state index is 13.5. The quantitative estimate of drug-likeness (QED) is 0.610. The van der Waals surface area contributed by atoms with Crippen molar-refractivity contribution in [1.82, 2.24) is 4.90 Å². The van der Waals surface area contributed by atoms with Gasteiger partial charge in [-0.25, -0.2) is 4.39 Å². The van der Waals surface area contributed by atoms with Crippen molar-refractivity contribution in [1.29, 1.82) is 0 Å². The third-order valence-corrected chi connectivity index (χ3v) is 2.40. The minimum absolute atomic E-state index is 0.510. The molecule has 1 fully saturated rings. The van der Waals surface area contributed by atoms with Crippen molar-refractivity contribution >= 4 is 0 Å². The second kappa shape index (κ2) is 3.10. The first kappa shape index (κ1) is 8.98. The molecular formula is C9H18FN. The van der Waals surface area contributed by atoms with E-state index in [0.29, 0.717) is 19.1 Å². The first-order valence-electron chi connectivity index (χ1n) is 4.50. The van der Waals surface area contributed by atoms with E-state index in [1.165, 1.54) is 0 Å². The van der Waals surface area contributed by atoms with Crippen LogP contribution in [0.3, 0.4) is 0 Å². The van der Waals surface area contributed by atoms with Crippen LogP contribution < -0.4 is 0 Å². The number of likely N-dealkylation sites (tertiary alicyclic amines) is 1. The lowest BCUT2D eigenvalue weighted by Gasteiger charge is -2.46. The van der Waals surface area contributed by atoms with Crippen LogP contribution in [-0.4, -0.2) is 29.7 Å². The molecule has 0 aromatic carbocycles. The summed E-state index contributed by atoms with van der Waals surface area (Å²) in [7, 11) is 0. The van der Waals surface area contributed by atoms with E-state index in [2.05, 4.69) is 18.7 Å². The molecule has 0 unspecified atom stereocenters. The van der Waals surface area contributed by atoms with Crippen molar-refractivity contribution < 1.29 is 4.39 Å². The zero-order chi connectivity index (χ0) is 8.48. The van der Waals surface area contributed by atoms with E-state index in [9.17, 15) is 4.39 Å². The van der Waals surface area contributed by atoms with Gasteiger partial charge in [0.25, 0.3) is 0 Å². The Morgan fingerprint density at radius 1 is 1.45 bits per heavy atom. The Bertz CT molecular complexity index is 128. The van der Waals surface area contributed by atoms with Gasteiger partial charge in [0.15, 0.2) is 0 Å². The Morgan fingerprint density at radius 2 is 2.00 bits per heavy atom. The van der Waals surface area contributed by atoms with Crippen molar-refractivity contribution in [2.45, 2.75) is 45.3 Å².